The van der Waals surface area contributed by atoms with E-state index < -0.39 is 0 Å². The van der Waals surface area contributed by atoms with E-state index in [2.05, 4.69) is 5.32 Å². The Balaban J connectivity index is 2.88. The number of Topliss-reactive ketones (excluding diaryl/α,β-unsaturated/α-hetero) is 1. The van der Waals surface area contributed by atoms with E-state index >= 15 is 0 Å². The predicted octanol–water partition coefficient (Wildman–Crippen LogP) is 1.64. The van der Waals surface area contributed by atoms with Gasteiger partial charge in [-0.15, -0.1) is 0 Å². The zero-order valence-corrected chi connectivity index (χ0v) is 7.85. The molecule has 2 heteroatoms. The van der Waals surface area contributed by atoms with Gasteiger partial charge in [0.25, 0.3) is 0 Å². The Labute approximate surface area is 73.4 Å². The van der Waals surface area contributed by atoms with Crippen molar-refractivity contribution in [3.05, 3.63) is 23.9 Å². The molecule has 12 heavy (non-hydrogen) atoms. The Morgan fingerprint density at radius 1 is 1.58 bits per heavy atom. The molecular weight excluding hydrogens is 150 g/mol. The van der Waals surface area contributed by atoms with Crippen LogP contribution in [0.1, 0.15) is 20.8 Å². The molecular formula is C10H15NO. The van der Waals surface area contributed by atoms with Crippen LogP contribution in [0.15, 0.2) is 23.9 Å². The Morgan fingerprint density at radius 3 is 2.67 bits per heavy atom. The molecule has 1 N–H and O–H groups in total. The molecule has 1 aliphatic rings. The lowest BCUT2D eigenvalue weighted by atomic mass is 9.80. The van der Waals surface area contributed by atoms with E-state index in [0.29, 0.717) is 0 Å². The number of carbonyl (C=O) groups excluding carboxylic acids is 1. The lowest BCUT2D eigenvalue weighted by Crippen LogP contribution is -2.26. The maximum atomic E-state index is 11.3. The number of carbonyl (C=O) groups is 1. The van der Waals surface area contributed by atoms with Gasteiger partial charge >= 0.3 is 0 Å². The van der Waals surface area contributed by atoms with E-state index in [-0.39, 0.29) is 11.2 Å². The van der Waals surface area contributed by atoms with Crippen LogP contribution in [0.2, 0.25) is 0 Å². The molecule has 1 aliphatic heterocycles. The first kappa shape index (κ1) is 9.04. The van der Waals surface area contributed by atoms with E-state index in [1.165, 1.54) is 0 Å². The van der Waals surface area contributed by atoms with Gasteiger partial charge in [-0.05, 0) is 26.3 Å². The Morgan fingerprint density at radius 2 is 2.25 bits per heavy atom. The zero-order chi connectivity index (χ0) is 9.19. The predicted molar refractivity (Wildman–Crippen MR) is 49.7 cm³/mol. The highest BCUT2D eigenvalue weighted by Gasteiger charge is 2.27. The standard InChI is InChI=1S/C10H15NO/c1-8(12)10(2,3)9-5-4-6-11-7-9/h4-5,7,11H,6H2,1-3H3. The van der Waals surface area contributed by atoms with Crippen LogP contribution in [0.5, 0.6) is 0 Å². The molecule has 0 bridgehead atoms. The minimum atomic E-state index is -0.357. The van der Waals surface area contributed by atoms with Gasteiger partial charge in [-0.2, -0.15) is 0 Å². The summed E-state index contributed by atoms with van der Waals surface area (Å²) in [5.41, 5.74) is 0.699. The lowest BCUT2D eigenvalue weighted by Gasteiger charge is -2.24. The largest absolute Gasteiger partial charge is 0.387 e. The third-order valence-corrected chi connectivity index (χ3v) is 2.39. The number of allylic oxidation sites excluding steroid dienone is 2. The van der Waals surface area contributed by atoms with Crippen molar-refractivity contribution in [3.63, 3.8) is 0 Å². The second-order valence-corrected chi connectivity index (χ2v) is 3.59. The number of rotatable bonds is 2. The number of nitrogens with one attached hydrogen (secondary N) is 1. The molecule has 0 aliphatic carbocycles. The Bertz CT molecular complexity index is 249. The molecule has 2 nitrogen and oxygen atoms in total. The highest BCUT2D eigenvalue weighted by molar-refractivity contribution is 5.85. The van der Waals surface area contributed by atoms with Crippen LogP contribution in [0.4, 0.5) is 0 Å². The number of hydrogen-bond donors (Lipinski definition) is 1. The van der Waals surface area contributed by atoms with Gasteiger partial charge in [-0.25, -0.2) is 0 Å². The monoisotopic (exact) mass is 165 g/mol. The minimum absolute atomic E-state index is 0.196. The summed E-state index contributed by atoms with van der Waals surface area (Å²) in [5.74, 6) is 0.196. The third-order valence-electron chi connectivity index (χ3n) is 2.39. The molecule has 0 atom stereocenters. The molecule has 0 aromatic heterocycles. The van der Waals surface area contributed by atoms with E-state index in [9.17, 15) is 4.79 Å². The van der Waals surface area contributed by atoms with Crippen LogP contribution < -0.4 is 5.32 Å². The van der Waals surface area contributed by atoms with E-state index in [0.717, 1.165) is 12.1 Å². The van der Waals surface area contributed by atoms with Crippen molar-refractivity contribution in [2.24, 2.45) is 5.41 Å². The molecule has 1 heterocycles. The first-order valence-electron chi connectivity index (χ1n) is 4.17. The first-order chi connectivity index (χ1) is 5.55. The van der Waals surface area contributed by atoms with Crippen LogP contribution in [0, 0.1) is 5.41 Å². The average molecular weight is 165 g/mol. The summed E-state index contributed by atoms with van der Waals surface area (Å²) < 4.78 is 0. The third kappa shape index (κ3) is 1.58. The highest BCUT2D eigenvalue weighted by Crippen LogP contribution is 2.28. The summed E-state index contributed by atoms with van der Waals surface area (Å²) in [5, 5.41) is 3.09. The van der Waals surface area contributed by atoms with Gasteiger partial charge in [0.05, 0.1) is 0 Å². The summed E-state index contributed by atoms with van der Waals surface area (Å²) in [7, 11) is 0. The van der Waals surface area contributed by atoms with Crippen LogP contribution in [-0.4, -0.2) is 12.3 Å². The second-order valence-electron chi connectivity index (χ2n) is 3.59. The summed E-state index contributed by atoms with van der Waals surface area (Å²) >= 11 is 0. The smallest absolute Gasteiger partial charge is 0.139 e. The molecule has 1 rings (SSSR count). The fourth-order valence-corrected chi connectivity index (χ4v) is 1.06. The van der Waals surface area contributed by atoms with E-state index in [1.807, 2.05) is 32.2 Å². The SMILES string of the molecule is CC(=O)C(C)(C)C1=CNCC=C1. The molecule has 0 spiro atoms. The lowest BCUT2D eigenvalue weighted by molar-refractivity contribution is -0.123. The van der Waals surface area contributed by atoms with Crippen molar-refractivity contribution in [2.45, 2.75) is 20.8 Å². The second kappa shape index (κ2) is 3.13. The van der Waals surface area contributed by atoms with Crippen LogP contribution in [0.25, 0.3) is 0 Å². The maximum absolute atomic E-state index is 11.3. The van der Waals surface area contributed by atoms with Gasteiger partial charge in [0.15, 0.2) is 0 Å². The number of dihydropyridines is 1. The van der Waals surface area contributed by atoms with Gasteiger partial charge in [0.1, 0.15) is 5.78 Å². The van der Waals surface area contributed by atoms with Crippen molar-refractivity contribution >= 4 is 5.78 Å². The molecule has 0 radical (unpaired) electrons. The number of ketones is 1. The Kier molecular flexibility index (Phi) is 2.36. The van der Waals surface area contributed by atoms with E-state index in [1.54, 1.807) is 6.92 Å². The topological polar surface area (TPSA) is 29.1 Å². The molecule has 0 aromatic carbocycles. The summed E-state index contributed by atoms with van der Waals surface area (Å²) in [4.78, 5) is 11.3. The van der Waals surface area contributed by atoms with Crippen LogP contribution >= 0.6 is 0 Å². The summed E-state index contributed by atoms with van der Waals surface area (Å²) in [6.07, 6.45) is 5.96. The van der Waals surface area contributed by atoms with E-state index in [4.69, 9.17) is 0 Å². The van der Waals surface area contributed by atoms with Crippen LogP contribution in [-0.2, 0) is 4.79 Å². The molecule has 0 amide bonds. The molecule has 0 aromatic rings. The quantitative estimate of drug-likeness (QED) is 0.674. The maximum Gasteiger partial charge on any atom is 0.139 e. The fraction of sp³-hybridized carbons (Fsp3) is 0.500. The van der Waals surface area contributed by atoms with Crippen LogP contribution in [0.3, 0.4) is 0 Å². The van der Waals surface area contributed by atoms with Gasteiger partial charge < -0.3 is 5.32 Å². The highest BCUT2D eigenvalue weighted by atomic mass is 16.1. The van der Waals surface area contributed by atoms with Gasteiger partial charge in [-0.1, -0.05) is 12.2 Å². The molecule has 66 valence electrons. The van der Waals surface area contributed by atoms with Crippen molar-refractivity contribution in [3.8, 4) is 0 Å². The molecule has 0 fully saturated rings. The fourth-order valence-electron chi connectivity index (χ4n) is 1.06. The van der Waals surface area contributed by atoms with Crippen molar-refractivity contribution < 1.29 is 4.79 Å². The first-order valence-corrected chi connectivity index (χ1v) is 4.17. The van der Waals surface area contributed by atoms with Crippen molar-refractivity contribution in [1.29, 1.82) is 0 Å². The summed E-state index contributed by atoms with van der Waals surface area (Å²) in [6.45, 7) is 6.37. The van der Waals surface area contributed by atoms with Gasteiger partial charge in [-0.3, -0.25) is 4.79 Å². The van der Waals surface area contributed by atoms with Gasteiger partial charge in [0.2, 0.25) is 0 Å². The van der Waals surface area contributed by atoms with Crippen molar-refractivity contribution in [1.82, 2.24) is 5.32 Å². The average Bonchev–Trinajstić information content (AvgIpc) is 2.06. The van der Waals surface area contributed by atoms with Crippen molar-refractivity contribution in [2.75, 3.05) is 6.54 Å². The Hall–Kier alpha value is -1.05. The molecule has 0 saturated heterocycles. The molecule has 0 saturated carbocycles. The number of hydrogen-bond acceptors (Lipinski definition) is 2. The summed E-state index contributed by atoms with van der Waals surface area (Å²) in [6, 6.07) is 0. The normalized spacial score (nSPS) is 16.8. The molecule has 0 unspecified atom stereocenters. The van der Waals surface area contributed by atoms with Gasteiger partial charge in [0, 0.05) is 18.2 Å². The zero-order valence-electron chi connectivity index (χ0n) is 7.85. The minimum Gasteiger partial charge on any atom is -0.387 e.